The first-order valence-electron chi connectivity index (χ1n) is 8.75. The van der Waals surface area contributed by atoms with Gasteiger partial charge in [0.05, 0.1) is 12.5 Å². The van der Waals surface area contributed by atoms with Crippen LogP contribution in [0.2, 0.25) is 0 Å². The molecule has 0 radical (unpaired) electrons. The number of nitrogens with one attached hydrogen (secondary N) is 2. The predicted molar refractivity (Wildman–Crippen MR) is 97.7 cm³/mol. The van der Waals surface area contributed by atoms with E-state index in [-0.39, 0.29) is 24.4 Å². The van der Waals surface area contributed by atoms with Gasteiger partial charge in [0, 0.05) is 10.9 Å². The van der Waals surface area contributed by atoms with Gasteiger partial charge in [0.15, 0.2) is 0 Å². The zero-order valence-corrected chi connectivity index (χ0v) is 15.6. The Labute approximate surface area is 148 Å². The molecular weight excluding hydrogens is 322 g/mol. The van der Waals surface area contributed by atoms with Gasteiger partial charge in [-0.05, 0) is 42.0 Å². The van der Waals surface area contributed by atoms with Gasteiger partial charge in [0.2, 0.25) is 5.91 Å². The van der Waals surface area contributed by atoms with Crippen molar-refractivity contribution in [3.05, 3.63) is 22.4 Å². The lowest BCUT2D eigenvalue weighted by Crippen LogP contribution is -2.46. The van der Waals surface area contributed by atoms with Gasteiger partial charge in [0.1, 0.15) is 0 Å². The topological polar surface area (TPSA) is 84.2 Å². The summed E-state index contributed by atoms with van der Waals surface area (Å²) in [5.74, 6) is 1.70. The molecule has 24 heavy (non-hydrogen) atoms. The molecule has 0 bridgehead atoms. The Balaban J connectivity index is 2.00. The van der Waals surface area contributed by atoms with Crippen molar-refractivity contribution in [2.24, 2.45) is 23.5 Å². The fourth-order valence-electron chi connectivity index (χ4n) is 3.70. The minimum atomic E-state index is -0.604. The first-order valence-corrected chi connectivity index (χ1v) is 9.63. The maximum absolute atomic E-state index is 12.6. The molecule has 0 saturated heterocycles. The Morgan fingerprint density at radius 1 is 1.38 bits per heavy atom. The third-order valence-electron chi connectivity index (χ3n) is 4.96. The monoisotopic (exact) mass is 351 g/mol. The number of hydrogen-bond acceptors (Lipinski definition) is 3. The number of hydrogen-bond donors (Lipinski definition) is 3. The second kappa shape index (κ2) is 8.51. The number of carbonyl (C=O) groups is 2. The second-order valence-electron chi connectivity index (χ2n) is 7.28. The molecule has 1 fully saturated rings. The molecule has 4 unspecified atom stereocenters. The normalized spacial score (nSPS) is 25.2. The number of urea groups is 1. The molecule has 0 aliphatic heterocycles. The zero-order chi connectivity index (χ0) is 17.7. The maximum Gasteiger partial charge on any atom is 0.312 e. The van der Waals surface area contributed by atoms with Crippen LogP contribution >= 0.6 is 11.3 Å². The summed E-state index contributed by atoms with van der Waals surface area (Å²) in [6.45, 7) is 6.70. The average Bonchev–Trinajstić information content (AvgIpc) is 2.99. The van der Waals surface area contributed by atoms with E-state index < -0.39 is 6.03 Å². The maximum atomic E-state index is 12.6. The summed E-state index contributed by atoms with van der Waals surface area (Å²) < 4.78 is 0. The highest BCUT2D eigenvalue weighted by atomic mass is 32.1. The van der Waals surface area contributed by atoms with Crippen LogP contribution in [-0.2, 0) is 4.79 Å². The van der Waals surface area contributed by atoms with E-state index in [1.54, 1.807) is 0 Å². The number of carbonyl (C=O) groups excluding carboxylic acids is 2. The van der Waals surface area contributed by atoms with E-state index >= 15 is 0 Å². The van der Waals surface area contributed by atoms with Crippen LogP contribution in [0.5, 0.6) is 0 Å². The van der Waals surface area contributed by atoms with E-state index in [0.29, 0.717) is 17.8 Å². The summed E-state index contributed by atoms with van der Waals surface area (Å²) >= 11 is 1.52. The molecule has 5 nitrogen and oxygen atoms in total. The number of amides is 3. The van der Waals surface area contributed by atoms with Gasteiger partial charge in [-0.1, -0.05) is 33.3 Å². The minimum Gasteiger partial charge on any atom is -0.353 e. The standard InChI is InChI=1S/C18H29N3O2S/c1-11(2)13-7-6-12(3)9-14(13)20-17(22)10-15(21-18(19)23)16-5-4-8-24-16/h4-5,8,11-15H,6-7,9-10H2,1-3H3,(H,20,22)(H3,19,21,23). The minimum absolute atomic E-state index is 0.0214. The van der Waals surface area contributed by atoms with Crippen LogP contribution in [0.25, 0.3) is 0 Å². The first-order chi connectivity index (χ1) is 11.4. The van der Waals surface area contributed by atoms with E-state index in [0.717, 1.165) is 17.7 Å². The molecule has 1 aliphatic rings. The van der Waals surface area contributed by atoms with Gasteiger partial charge < -0.3 is 16.4 Å². The third kappa shape index (κ3) is 5.23. The smallest absolute Gasteiger partial charge is 0.312 e. The molecule has 1 aromatic rings. The van der Waals surface area contributed by atoms with Gasteiger partial charge in [-0.2, -0.15) is 0 Å². The third-order valence-corrected chi connectivity index (χ3v) is 5.95. The van der Waals surface area contributed by atoms with E-state index in [1.807, 2.05) is 17.5 Å². The lowest BCUT2D eigenvalue weighted by molar-refractivity contribution is -0.123. The highest BCUT2D eigenvalue weighted by Gasteiger charge is 2.32. The summed E-state index contributed by atoms with van der Waals surface area (Å²) in [6.07, 6.45) is 3.65. The average molecular weight is 352 g/mol. The lowest BCUT2D eigenvalue weighted by atomic mass is 9.74. The fourth-order valence-corrected chi connectivity index (χ4v) is 4.48. The van der Waals surface area contributed by atoms with Gasteiger partial charge in [-0.15, -0.1) is 11.3 Å². The molecule has 0 spiro atoms. The van der Waals surface area contributed by atoms with Gasteiger partial charge in [-0.25, -0.2) is 4.79 Å². The van der Waals surface area contributed by atoms with E-state index in [4.69, 9.17) is 5.73 Å². The molecule has 4 N–H and O–H groups in total. The van der Waals surface area contributed by atoms with Gasteiger partial charge >= 0.3 is 6.03 Å². The SMILES string of the molecule is CC1CCC(C(C)C)C(NC(=O)CC(NC(N)=O)c2cccs2)C1. The molecule has 1 aromatic heterocycles. The molecule has 1 saturated carbocycles. The fraction of sp³-hybridized carbons (Fsp3) is 0.667. The Morgan fingerprint density at radius 2 is 2.12 bits per heavy atom. The molecule has 4 atom stereocenters. The number of nitrogens with two attached hydrogens (primary N) is 1. The zero-order valence-electron chi connectivity index (χ0n) is 14.7. The predicted octanol–water partition coefficient (Wildman–Crippen LogP) is 3.42. The van der Waals surface area contributed by atoms with Crippen molar-refractivity contribution in [2.75, 3.05) is 0 Å². The summed E-state index contributed by atoms with van der Waals surface area (Å²) in [6, 6.07) is 3.08. The van der Waals surface area contributed by atoms with Crippen LogP contribution in [-0.4, -0.2) is 18.0 Å². The summed E-state index contributed by atoms with van der Waals surface area (Å²) in [5.41, 5.74) is 5.26. The number of thiophene rings is 1. The van der Waals surface area contributed by atoms with E-state index in [1.165, 1.54) is 17.8 Å². The molecule has 3 amide bonds. The highest BCUT2D eigenvalue weighted by Crippen LogP contribution is 2.33. The van der Waals surface area contributed by atoms with Crippen LogP contribution in [0, 0.1) is 17.8 Å². The van der Waals surface area contributed by atoms with Crippen molar-refractivity contribution >= 4 is 23.3 Å². The van der Waals surface area contributed by atoms with E-state index in [2.05, 4.69) is 31.4 Å². The van der Waals surface area contributed by atoms with Crippen LogP contribution in [0.1, 0.15) is 57.4 Å². The van der Waals surface area contributed by atoms with E-state index in [9.17, 15) is 9.59 Å². The Morgan fingerprint density at radius 3 is 2.71 bits per heavy atom. The van der Waals surface area contributed by atoms with Crippen molar-refractivity contribution in [2.45, 2.75) is 58.5 Å². The Hall–Kier alpha value is -1.56. The van der Waals surface area contributed by atoms with Crippen molar-refractivity contribution in [1.29, 1.82) is 0 Å². The van der Waals surface area contributed by atoms with Gasteiger partial charge in [0.25, 0.3) is 0 Å². The quantitative estimate of drug-likeness (QED) is 0.733. The van der Waals surface area contributed by atoms with Crippen LogP contribution in [0.3, 0.4) is 0 Å². The van der Waals surface area contributed by atoms with Gasteiger partial charge in [-0.3, -0.25) is 4.79 Å². The molecule has 0 aromatic carbocycles. The summed E-state index contributed by atoms with van der Waals surface area (Å²) in [7, 11) is 0. The molecule has 6 heteroatoms. The highest BCUT2D eigenvalue weighted by molar-refractivity contribution is 7.10. The second-order valence-corrected chi connectivity index (χ2v) is 8.26. The lowest BCUT2D eigenvalue weighted by Gasteiger charge is -2.38. The first kappa shape index (κ1) is 18.8. The Bertz CT molecular complexity index is 544. The van der Waals surface area contributed by atoms with Crippen molar-refractivity contribution in [1.82, 2.24) is 10.6 Å². The van der Waals surface area contributed by atoms with Crippen molar-refractivity contribution in [3.8, 4) is 0 Å². The summed E-state index contributed by atoms with van der Waals surface area (Å²) in [5, 5.41) is 7.83. The van der Waals surface area contributed by atoms with Crippen molar-refractivity contribution in [3.63, 3.8) is 0 Å². The molecule has 1 aliphatic carbocycles. The number of primary amides is 1. The molecule has 2 rings (SSSR count). The summed E-state index contributed by atoms with van der Waals surface area (Å²) in [4.78, 5) is 24.8. The molecule has 134 valence electrons. The van der Waals surface area contributed by atoms with Crippen LogP contribution in [0.4, 0.5) is 4.79 Å². The number of rotatable bonds is 6. The molecule has 1 heterocycles. The van der Waals surface area contributed by atoms with Crippen molar-refractivity contribution < 1.29 is 9.59 Å². The Kier molecular flexibility index (Phi) is 6.66. The molecular formula is C18H29N3O2S. The van der Waals surface area contributed by atoms with Crippen LogP contribution in [0.15, 0.2) is 17.5 Å². The van der Waals surface area contributed by atoms with Crippen LogP contribution < -0.4 is 16.4 Å². The largest absolute Gasteiger partial charge is 0.353 e.